The second-order valence-corrected chi connectivity index (χ2v) is 26.4. The van der Waals surface area contributed by atoms with Gasteiger partial charge in [0, 0.05) is 26.7 Å². The zero-order valence-corrected chi connectivity index (χ0v) is 41.0. The number of aliphatic hydroxyl groups excluding tert-OH is 1. The first-order valence-electron chi connectivity index (χ1n) is 21.1. The van der Waals surface area contributed by atoms with E-state index in [1.807, 2.05) is 25.0 Å². The molecule has 0 aliphatic heterocycles. The number of sulfone groups is 1. The number of ether oxygens (including phenoxy) is 3. The van der Waals surface area contributed by atoms with Crippen LogP contribution in [0.25, 0.3) is 22.5 Å². The molecule has 5 aromatic carbocycles. The Morgan fingerprint density at radius 2 is 1.32 bits per heavy atom. The maximum atomic E-state index is 16.0. The Bertz CT molecular complexity index is 2920. The molecule has 6 aromatic rings. The van der Waals surface area contributed by atoms with Crippen LogP contribution in [-0.4, -0.2) is 111 Å². The first-order valence-corrected chi connectivity index (χ1v) is 27.9. The summed E-state index contributed by atoms with van der Waals surface area (Å²) < 4.78 is 79.0. The van der Waals surface area contributed by atoms with Crippen molar-refractivity contribution in [2.75, 3.05) is 44.7 Å². The van der Waals surface area contributed by atoms with Crippen molar-refractivity contribution in [2.45, 2.75) is 61.2 Å². The maximum Gasteiger partial charge on any atom is 0.405 e. The number of methoxy groups -OCH3 is 3. The van der Waals surface area contributed by atoms with Gasteiger partial charge in [0.05, 0.1) is 62.1 Å². The smallest absolute Gasteiger partial charge is 0.405 e. The highest BCUT2D eigenvalue weighted by atomic mass is 32.2. The van der Waals surface area contributed by atoms with E-state index in [1.165, 1.54) is 60.8 Å². The molecule has 0 saturated carbocycles. The van der Waals surface area contributed by atoms with E-state index in [-0.39, 0.29) is 59.3 Å². The van der Waals surface area contributed by atoms with Gasteiger partial charge in [-0.3, -0.25) is 4.79 Å². The van der Waals surface area contributed by atoms with E-state index in [4.69, 9.17) is 19.9 Å². The van der Waals surface area contributed by atoms with E-state index < -0.39 is 62.4 Å². The second-order valence-electron chi connectivity index (χ2n) is 16.8. The molecule has 2 amide bonds. The predicted molar refractivity (Wildman–Crippen MR) is 258 cm³/mol. The third-order valence-electron chi connectivity index (χ3n) is 10.8. The number of nitrogen functional groups attached to an aromatic ring is 1. The summed E-state index contributed by atoms with van der Waals surface area (Å²) in [5, 5.41) is 36.9. The summed E-state index contributed by atoms with van der Waals surface area (Å²) in [5.41, 5.74) is 8.42. The predicted octanol–water partition coefficient (Wildman–Crippen LogP) is 5.73. The summed E-state index contributed by atoms with van der Waals surface area (Å²) in [6, 6.07) is 26.5. The molecular formula is C46H54N8O11S2Si. The Morgan fingerprint density at radius 3 is 1.82 bits per heavy atom. The molecule has 0 radical (unpaired) electrons. The average Bonchev–Trinajstić information content (AvgIpc) is 3.78. The minimum atomic E-state index is -4.96. The summed E-state index contributed by atoms with van der Waals surface area (Å²) in [6.45, 7) is 4.78. The van der Waals surface area contributed by atoms with Gasteiger partial charge < -0.3 is 40.8 Å². The SMILES string of the molecule is COc1ccc(CN(Cc2ccc(OC)cc2)S(=O)(=O)c2c(S(=O)(=O)CC[Si](C)(C)C)ccc(-c3cccc(NC(=O)C(CO)NC(=O)O)c3N)c2-c2nnn(Cc3ccc(OC)cc3)n2)cc1. The number of nitrogens with one attached hydrogen (secondary N) is 2. The van der Waals surface area contributed by atoms with Crippen LogP contribution in [0.4, 0.5) is 16.2 Å². The highest BCUT2D eigenvalue weighted by molar-refractivity contribution is 7.93. The lowest BCUT2D eigenvalue weighted by Gasteiger charge is -2.27. The zero-order chi connectivity index (χ0) is 49.4. The molecule has 6 N–H and O–H groups in total. The van der Waals surface area contributed by atoms with Gasteiger partial charge in [0.15, 0.2) is 9.84 Å². The van der Waals surface area contributed by atoms with E-state index in [9.17, 15) is 28.2 Å². The van der Waals surface area contributed by atoms with Gasteiger partial charge in [-0.15, -0.1) is 10.2 Å². The molecule has 0 fully saturated rings. The first kappa shape index (κ1) is 50.6. The number of anilines is 2. The molecular weight excluding hydrogens is 933 g/mol. The van der Waals surface area contributed by atoms with Crippen LogP contribution in [-0.2, 0) is 44.3 Å². The number of aliphatic hydroxyl groups is 1. The Balaban J connectivity index is 1.65. The molecule has 0 bridgehead atoms. The molecule has 0 aliphatic carbocycles. The van der Waals surface area contributed by atoms with Crippen molar-refractivity contribution in [3.8, 4) is 39.8 Å². The van der Waals surface area contributed by atoms with E-state index in [0.29, 0.717) is 34.4 Å². The van der Waals surface area contributed by atoms with Gasteiger partial charge in [0.1, 0.15) is 28.2 Å². The Morgan fingerprint density at radius 1 is 0.779 bits per heavy atom. The topological polar surface area (TPSA) is 267 Å². The average molecular weight is 987 g/mol. The lowest BCUT2D eigenvalue weighted by molar-refractivity contribution is -0.118. The fourth-order valence-electron chi connectivity index (χ4n) is 7.06. The van der Waals surface area contributed by atoms with Crippen molar-refractivity contribution in [1.82, 2.24) is 29.8 Å². The molecule has 1 unspecified atom stereocenters. The van der Waals surface area contributed by atoms with Crippen LogP contribution >= 0.6 is 0 Å². The van der Waals surface area contributed by atoms with Gasteiger partial charge in [0.2, 0.25) is 21.8 Å². The van der Waals surface area contributed by atoms with Gasteiger partial charge in [-0.1, -0.05) is 74.2 Å². The minimum absolute atomic E-state index is 0.0305. The third kappa shape index (κ3) is 12.2. The number of carbonyl (C=O) groups excluding carboxylic acids is 1. The van der Waals surface area contributed by atoms with Crippen molar-refractivity contribution in [3.05, 3.63) is 120 Å². The monoisotopic (exact) mass is 986 g/mol. The maximum absolute atomic E-state index is 16.0. The van der Waals surface area contributed by atoms with Crippen molar-refractivity contribution in [3.63, 3.8) is 0 Å². The molecule has 68 heavy (non-hydrogen) atoms. The number of nitrogens with zero attached hydrogens (tertiary/aromatic N) is 5. The summed E-state index contributed by atoms with van der Waals surface area (Å²) in [6.07, 6.45) is -1.56. The van der Waals surface area contributed by atoms with E-state index >= 15 is 8.42 Å². The molecule has 0 aliphatic rings. The number of aromatic nitrogens is 4. The normalized spacial score (nSPS) is 12.4. The largest absolute Gasteiger partial charge is 0.497 e. The fourth-order valence-corrected chi connectivity index (χ4v) is 13.8. The highest BCUT2D eigenvalue weighted by Crippen LogP contribution is 2.44. The van der Waals surface area contributed by atoms with Crippen molar-refractivity contribution < 1.29 is 50.8 Å². The number of benzene rings is 5. The Kier molecular flexibility index (Phi) is 15.9. The Labute approximate surface area is 395 Å². The van der Waals surface area contributed by atoms with Crippen LogP contribution in [0.2, 0.25) is 25.7 Å². The molecule has 0 saturated heterocycles. The van der Waals surface area contributed by atoms with Crippen LogP contribution in [0.3, 0.4) is 0 Å². The molecule has 0 spiro atoms. The van der Waals surface area contributed by atoms with Gasteiger partial charge in [-0.2, -0.15) is 9.10 Å². The number of hydrogen-bond acceptors (Lipinski definition) is 14. The number of rotatable bonds is 21. The van der Waals surface area contributed by atoms with Crippen molar-refractivity contribution >= 4 is 51.3 Å². The number of carboxylic acid groups (broad SMARTS) is 1. The summed E-state index contributed by atoms with van der Waals surface area (Å²) in [4.78, 5) is 24.7. The quantitative estimate of drug-likeness (QED) is 0.0426. The number of nitrogens with two attached hydrogens (primary N) is 1. The van der Waals surface area contributed by atoms with Crippen LogP contribution < -0.4 is 30.6 Å². The van der Waals surface area contributed by atoms with Gasteiger partial charge in [-0.25, -0.2) is 21.6 Å². The summed E-state index contributed by atoms with van der Waals surface area (Å²) >= 11 is 0. The molecule has 1 heterocycles. The van der Waals surface area contributed by atoms with E-state index in [0.717, 1.165) is 5.56 Å². The molecule has 1 aromatic heterocycles. The van der Waals surface area contributed by atoms with Crippen LogP contribution in [0.1, 0.15) is 16.7 Å². The molecule has 360 valence electrons. The second kappa shape index (κ2) is 21.4. The first-order chi connectivity index (χ1) is 32.3. The van der Waals surface area contributed by atoms with Gasteiger partial charge >= 0.3 is 6.09 Å². The lowest BCUT2D eigenvalue weighted by atomic mass is 9.97. The number of carbonyl (C=O) groups is 2. The molecule has 19 nitrogen and oxygen atoms in total. The lowest BCUT2D eigenvalue weighted by Crippen LogP contribution is -2.45. The summed E-state index contributed by atoms with van der Waals surface area (Å²) in [7, 11) is -6.85. The van der Waals surface area contributed by atoms with Gasteiger partial charge in [-0.05, 0) is 82.0 Å². The third-order valence-corrected chi connectivity index (χ3v) is 16.7. The van der Waals surface area contributed by atoms with Crippen molar-refractivity contribution in [2.24, 2.45) is 0 Å². The van der Waals surface area contributed by atoms with Crippen molar-refractivity contribution in [1.29, 1.82) is 0 Å². The van der Waals surface area contributed by atoms with Crippen LogP contribution in [0, 0.1) is 0 Å². The number of para-hydroxylation sites is 1. The number of tetrazole rings is 1. The zero-order valence-electron chi connectivity index (χ0n) is 38.3. The van der Waals surface area contributed by atoms with E-state index in [1.54, 1.807) is 72.8 Å². The standard InChI is InChI=1S/C46H54N8O11S2Si/c1-63-33-16-10-30(11-17-33)26-53(27-31-12-18-34(64-2)19-13-31)67(61,62)43-40(66(59,60)24-25-68(4,5)6)23-22-36(37-8-7-9-38(42(37)47)48-45(56)39(29-55)49-46(57)58)41(43)44-50-52-54(51-44)28-32-14-20-35(65-3)21-15-32/h7-23,39,49,55H,24-29,47H2,1-6H3,(H,48,56)(H,57,58). The minimum Gasteiger partial charge on any atom is -0.497 e. The molecule has 1 atom stereocenters. The van der Waals surface area contributed by atoms with Crippen LogP contribution in [0.5, 0.6) is 17.2 Å². The number of hydrogen-bond donors (Lipinski definition) is 5. The fraction of sp³-hybridized carbons (Fsp3) is 0.283. The molecule has 6 rings (SSSR count). The molecule has 22 heteroatoms. The highest BCUT2D eigenvalue weighted by Gasteiger charge is 2.38. The van der Waals surface area contributed by atoms with Gasteiger partial charge in [0.25, 0.3) is 0 Å². The Hall–Kier alpha value is -6.85. The number of amides is 2. The summed E-state index contributed by atoms with van der Waals surface area (Å²) in [5.74, 6) is 0.119. The van der Waals surface area contributed by atoms with Crippen LogP contribution in [0.15, 0.2) is 113 Å². The van der Waals surface area contributed by atoms with E-state index in [2.05, 4.69) is 20.7 Å². The number of sulfonamides is 1.